The van der Waals surface area contributed by atoms with Gasteiger partial charge in [-0.3, -0.25) is 4.90 Å². The van der Waals surface area contributed by atoms with Gasteiger partial charge < -0.3 is 10.0 Å². The lowest BCUT2D eigenvalue weighted by molar-refractivity contribution is 0.0696. The second-order valence-corrected chi connectivity index (χ2v) is 5.94. The summed E-state index contributed by atoms with van der Waals surface area (Å²) in [5.41, 5.74) is 1.39. The average Bonchev–Trinajstić information content (AvgIpc) is 2.38. The predicted octanol–water partition coefficient (Wildman–Crippen LogP) is 2.68. The lowest BCUT2D eigenvalue weighted by Gasteiger charge is -2.38. The maximum atomic E-state index is 11.0. The fourth-order valence-corrected chi connectivity index (χ4v) is 2.91. The maximum Gasteiger partial charge on any atom is 0.336 e. The quantitative estimate of drug-likeness (QED) is 0.927. The largest absolute Gasteiger partial charge is 0.478 e. The Morgan fingerprint density at radius 3 is 2.37 bits per heavy atom. The summed E-state index contributed by atoms with van der Waals surface area (Å²) in [5.74, 6) is -0.900. The van der Waals surface area contributed by atoms with E-state index in [1.54, 1.807) is 6.07 Å². The molecule has 0 unspecified atom stereocenters. The molecule has 0 bridgehead atoms. The van der Waals surface area contributed by atoms with Crippen LogP contribution in [0.25, 0.3) is 0 Å². The molecule has 1 N–H and O–H groups in total. The Hall–Kier alpha value is -1.07. The zero-order valence-electron chi connectivity index (χ0n) is 11.3. The van der Waals surface area contributed by atoms with Crippen LogP contribution in [0.5, 0.6) is 0 Å². The van der Waals surface area contributed by atoms with Crippen LogP contribution < -0.4 is 4.90 Å². The fraction of sp³-hybridized carbons (Fsp3) is 0.500. The number of hydrogen-bond donors (Lipinski definition) is 1. The van der Waals surface area contributed by atoms with Crippen molar-refractivity contribution in [1.29, 1.82) is 0 Å². The second-order valence-electron chi connectivity index (χ2n) is 5.09. The number of rotatable bonds is 3. The number of carboxylic acids is 1. The minimum absolute atomic E-state index is 0.310. The number of aromatic carboxylic acids is 1. The van der Waals surface area contributed by atoms with E-state index in [9.17, 15) is 4.79 Å². The molecule has 0 aromatic heterocycles. The van der Waals surface area contributed by atoms with Crippen molar-refractivity contribution in [3.05, 3.63) is 28.2 Å². The standard InChI is InChI=1S/C14H19BrN2O2/c1-10(2)16-5-7-17(8-6-16)11-3-4-12(14(18)19)13(15)9-11/h3-4,9-10H,5-8H2,1-2H3,(H,18,19). The molecule has 1 aromatic rings. The molecule has 5 heteroatoms. The van der Waals surface area contributed by atoms with E-state index < -0.39 is 5.97 Å². The smallest absolute Gasteiger partial charge is 0.336 e. The third-order valence-corrected chi connectivity index (χ3v) is 4.25. The summed E-state index contributed by atoms with van der Waals surface area (Å²) in [6.07, 6.45) is 0. The minimum atomic E-state index is -0.900. The van der Waals surface area contributed by atoms with Crippen molar-refractivity contribution in [3.63, 3.8) is 0 Å². The van der Waals surface area contributed by atoms with E-state index in [1.807, 2.05) is 12.1 Å². The number of nitrogens with zero attached hydrogens (tertiary/aromatic N) is 2. The monoisotopic (exact) mass is 326 g/mol. The number of benzene rings is 1. The molecular formula is C14H19BrN2O2. The third-order valence-electron chi connectivity index (χ3n) is 3.59. The molecule has 2 rings (SSSR count). The van der Waals surface area contributed by atoms with Gasteiger partial charge in [-0.25, -0.2) is 4.79 Å². The second kappa shape index (κ2) is 5.92. The van der Waals surface area contributed by atoms with E-state index in [0.29, 0.717) is 16.1 Å². The molecule has 0 spiro atoms. The lowest BCUT2D eigenvalue weighted by atomic mass is 10.1. The highest BCUT2D eigenvalue weighted by atomic mass is 79.9. The van der Waals surface area contributed by atoms with Crippen LogP contribution in [0.4, 0.5) is 5.69 Å². The van der Waals surface area contributed by atoms with E-state index in [1.165, 1.54) is 0 Å². The summed E-state index contributed by atoms with van der Waals surface area (Å²) < 4.78 is 0.642. The Balaban J connectivity index is 2.08. The molecule has 1 heterocycles. The van der Waals surface area contributed by atoms with Crippen molar-refractivity contribution in [3.8, 4) is 0 Å². The number of piperazine rings is 1. The van der Waals surface area contributed by atoms with Crippen LogP contribution >= 0.6 is 15.9 Å². The fourth-order valence-electron chi connectivity index (χ4n) is 2.37. The molecule has 1 fully saturated rings. The average molecular weight is 327 g/mol. The SMILES string of the molecule is CC(C)N1CCN(c2ccc(C(=O)O)c(Br)c2)CC1. The predicted molar refractivity (Wildman–Crippen MR) is 80.0 cm³/mol. The summed E-state index contributed by atoms with van der Waals surface area (Å²) in [4.78, 5) is 15.7. The van der Waals surface area contributed by atoms with Crippen molar-refractivity contribution in [1.82, 2.24) is 4.90 Å². The number of halogens is 1. The molecular weight excluding hydrogens is 308 g/mol. The van der Waals surface area contributed by atoms with Crippen LogP contribution in [0.2, 0.25) is 0 Å². The van der Waals surface area contributed by atoms with Crippen LogP contribution in [0.15, 0.2) is 22.7 Å². The summed E-state index contributed by atoms with van der Waals surface area (Å²) in [5, 5.41) is 9.01. The van der Waals surface area contributed by atoms with E-state index in [4.69, 9.17) is 5.11 Å². The molecule has 0 aliphatic carbocycles. The van der Waals surface area contributed by atoms with Crippen LogP contribution in [0, 0.1) is 0 Å². The van der Waals surface area contributed by atoms with Crippen LogP contribution in [-0.2, 0) is 0 Å². The summed E-state index contributed by atoms with van der Waals surface area (Å²) in [6, 6.07) is 6.04. The van der Waals surface area contributed by atoms with E-state index in [2.05, 4.69) is 39.6 Å². The highest BCUT2D eigenvalue weighted by Gasteiger charge is 2.19. The first kappa shape index (κ1) is 14.3. The molecule has 4 nitrogen and oxygen atoms in total. The molecule has 19 heavy (non-hydrogen) atoms. The van der Waals surface area contributed by atoms with E-state index in [-0.39, 0.29) is 0 Å². The first-order chi connectivity index (χ1) is 8.99. The normalized spacial score (nSPS) is 16.9. The van der Waals surface area contributed by atoms with Gasteiger partial charge in [-0.15, -0.1) is 0 Å². The Bertz CT molecular complexity index is 469. The molecule has 0 amide bonds. The summed E-state index contributed by atoms with van der Waals surface area (Å²) in [6.45, 7) is 8.50. The van der Waals surface area contributed by atoms with Gasteiger partial charge in [0.15, 0.2) is 0 Å². The van der Waals surface area contributed by atoms with Gasteiger partial charge in [-0.1, -0.05) is 0 Å². The number of carboxylic acid groups (broad SMARTS) is 1. The highest BCUT2D eigenvalue weighted by Crippen LogP contribution is 2.25. The van der Waals surface area contributed by atoms with E-state index in [0.717, 1.165) is 31.9 Å². The van der Waals surface area contributed by atoms with Gasteiger partial charge in [0.1, 0.15) is 0 Å². The van der Waals surface area contributed by atoms with Crippen LogP contribution in [-0.4, -0.2) is 48.2 Å². The lowest BCUT2D eigenvalue weighted by Crippen LogP contribution is -2.48. The number of hydrogen-bond acceptors (Lipinski definition) is 3. The van der Waals surface area contributed by atoms with Gasteiger partial charge in [0.2, 0.25) is 0 Å². The van der Waals surface area contributed by atoms with Crippen LogP contribution in [0.1, 0.15) is 24.2 Å². The molecule has 1 aliphatic heterocycles. The van der Waals surface area contributed by atoms with Crippen molar-refractivity contribution in [2.45, 2.75) is 19.9 Å². The number of carbonyl (C=O) groups is 1. The minimum Gasteiger partial charge on any atom is -0.478 e. The van der Waals surface area contributed by atoms with Crippen molar-refractivity contribution >= 4 is 27.6 Å². The first-order valence-electron chi connectivity index (χ1n) is 6.51. The Morgan fingerprint density at radius 2 is 1.89 bits per heavy atom. The zero-order valence-corrected chi connectivity index (χ0v) is 12.9. The first-order valence-corrected chi connectivity index (χ1v) is 7.30. The van der Waals surface area contributed by atoms with E-state index >= 15 is 0 Å². The molecule has 104 valence electrons. The highest BCUT2D eigenvalue weighted by molar-refractivity contribution is 9.10. The Morgan fingerprint density at radius 1 is 1.26 bits per heavy atom. The third kappa shape index (κ3) is 3.28. The van der Waals surface area contributed by atoms with Crippen molar-refractivity contribution < 1.29 is 9.90 Å². The van der Waals surface area contributed by atoms with Gasteiger partial charge in [-0.05, 0) is 48.0 Å². The van der Waals surface area contributed by atoms with Crippen molar-refractivity contribution in [2.24, 2.45) is 0 Å². The molecule has 0 saturated carbocycles. The molecule has 0 radical (unpaired) electrons. The van der Waals surface area contributed by atoms with Gasteiger partial charge in [0.25, 0.3) is 0 Å². The molecule has 1 aliphatic rings. The Kier molecular flexibility index (Phi) is 4.47. The van der Waals surface area contributed by atoms with Crippen molar-refractivity contribution in [2.75, 3.05) is 31.1 Å². The van der Waals surface area contributed by atoms with Gasteiger partial charge >= 0.3 is 5.97 Å². The molecule has 0 atom stereocenters. The van der Waals surface area contributed by atoms with Gasteiger partial charge in [0, 0.05) is 42.4 Å². The van der Waals surface area contributed by atoms with Gasteiger partial charge in [0.05, 0.1) is 5.56 Å². The van der Waals surface area contributed by atoms with Gasteiger partial charge in [-0.2, -0.15) is 0 Å². The maximum absolute atomic E-state index is 11.0. The summed E-state index contributed by atoms with van der Waals surface area (Å²) >= 11 is 3.33. The molecule has 1 aromatic carbocycles. The number of anilines is 1. The topological polar surface area (TPSA) is 43.8 Å². The summed E-state index contributed by atoms with van der Waals surface area (Å²) in [7, 11) is 0. The zero-order chi connectivity index (χ0) is 14.0. The Labute approximate surface area is 122 Å². The van der Waals surface area contributed by atoms with Crippen LogP contribution in [0.3, 0.4) is 0 Å². The molecule has 1 saturated heterocycles.